The lowest BCUT2D eigenvalue weighted by molar-refractivity contribution is 0.473. The maximum atomic E-state index is 11.2. The van der Waals surface area contributed by atoms with Crippen molar-refractivity contribution in [3.8, 4) is 11.5 Å². The van der Waals surface area contributed by atoms with E-state index in [0.29, 0.717) is 5.75 Å². The topological polar surface area (TPSA) is 68.5 Å². The fourth-order valence-corrected chi connectivity index (χ4v) is 3.25. The lowest BCUT2D eigenvalue weighted by Gasteiger charge is -2.14. The Morgan fingerprint density at radius 2 is 1.96 bits per heavy atom. The van der Waals surface area contributed by atoms with Gasteiger partial charge >= 0.3 is 10.1 Å². The predicted molar refractivity (Wildman–Crippen MR) is 93.9 cm³/mol. The minimum absolute atomic E-state index is 0.222. The standard InChI is InChI=1S/C18H19NO4S/c1-13(14-4-3-5-16(20)10-14)12-19-9-8-15-11-17(6-7-18(15)19)23-24(2,21)22/h3-11,13,20H,12H2,1-2H3. The summed E-state index contributed by atoms with van der Waals surface area (Å²) in [5.74, 6) is 0.794. The van der Waals surface area contributed by atoms with Crippen molar-refractivity contribution in [1.82, 2.24) is 4.57 Å². The van der Waals surface area contributed by atoms with Gasteiger partial charge in [-0.3, -0.25) is 0 Å². The summed E-state index contributed by atoms with van der Waals surface area (Å²) >= 11 is 0. The zero-order valence-electron chi connectivity index (χ0n) is 13.5. The van der Waals surface area contributed by atoms with Crippen molar-refractivity contribution in [2.45, 2.75) is 19.4 Å². The van der Waals surface area contributed by atoms with Crippen LogP contribution in [0.3, 0.4) is 0 Å². The van der Waals surface area contributed by atoms with Crippen LogP contribution in [0.5, 0.6) is 11.5 Å². The van der Waals surface area contributed by atoms with Crippen molar-refractivity contribution in [2.75, 3.05) is 6.26 Å². The molecule has 3 rings (SSSR count). The maximum absolute atomic E-state index is 11.2. The first-order valence-electron chi connectivity index (χ1n) is 7.59. The second kappa shape index (κ2) is 6.20. The minimum Gasteiger partial charge on any atom is -0.508 e. The molecule has 5 nitrogen and oxygen atoms in total. The zero-order chi connectivity index (χ0) is 17.3. The number of benzene rings is 2. The first-order chi connectivity index (χ1) is 11.3. The van der Waals surface area contributed by atoms with Crippen LogP contribution in [-0.4, -0.2) is 24.3 Å². The summed E-state index contributed by atoms with van der Waals surface area (Å²) in [4.78, 5) is 0. The summed E-state index contributed by atoms with van der Waals surface area (Å²) in [6.07, 6.45) is 2.99. The average Bonchev–Trinajstić information content (AvgIpc) is 2.88. The van der Waals surface area contributed by atoms with Gasteiger partial charge in [0, 0.05) is 23.6 Å². The van der Waals surface area contributed by atoms with Crippen LogP contribution < -0.4 is 4.18 Å². The number of aromatic nitrogens is 1. The van der Waals surface area contributed by atoms with Crippen LogP contribution in [0, 0.1) is 0 Å². The number of hydrogen-bond acceptors (Lipinski definition) is 4. The first-order valence-corrected chi connectivity index (χ1v) is 9.41. The number of rotatable bonds is 5. The van der Waals surface area contributed by atoms with Gasteiger partial charge in [0.25, 0.3) is 0 Å². The van der Waals surface area contributed by atoms with Gasteiger partial charge in [0.1, 0.15) is 11.5 Å². The Labute approximate surface area is 141 Å². The molecular formula is C18H19NO4S. The predicted octanol–water partition coefficient (Wildman–Crippen LogP) is 3.49. The van der Waals surface area contributed by atoms with E-state index in [9.17, 15) is 13.5 Å². The van der Waals surface area contributed by atoms with Gasteiger partial charge in [-0.1, -0.05) is 19.1 Å². The number of hydrogen-bond donors (Lipinski definition) is 1. The van der Waals surface area contributed by atoms with Crippen LogP contribution in [0.4, 0.5) is 0 Å². The maximum Gasteiger partial charge on any atom is 0.306 e. The van der Waals surface area contributed by atoms with Gasteiger partial charge in [-0.25, -0.2) is 0 Å². The fourth-order valence-electron chi connectivity index (χ4n) is 2.80. The molecule has 0 bridgehead atoms. The highest BCUT2D eigenvalue weighted by molar-refractivity contribution is 7.86. The van der Waals surface area contributed by atoms with Crippen molar-refractivity contribution in [3.05, 3.63) is 60.3 Å². The lowest BCUT2D eigenvalue weighted by atomic mass is 10.0. The Kier molecular flexibility index (Phi) is 4.24. The Hall–Kier alpha value is -2.47. The molecule has 126 valence electrons. The number of nitrogens with zero attached hydrogens (tertiary/aromatic N) is 1. The SMILES string of the molecule is CC(Cn1ccc2cc(OS(C)(=O)=O)ccc21)c1cccc(O)c1. The van der Waals surface area contributed by atoms with Crippen LogP contribution in [0.1, 0.15) is 18.4 Å². The number of fused-ring (bicyclic) bond motifs is 1. The molecule has 3 aromatic rings. The van der Waals surface area contributed by atoms with Gasteiger partial charge in [-0.05, 0) is 47.9 Å². The van der Waals surface area contributed by atoms with Crippen molar-refractivity contribution >= 4 is 21.0 Å². The molecule has 24 heavy (non-hydrogen) atoms. The van der Waals surface area contributed by atoms with Gasteiger partial charge in [0.05, 0.1) is 6.26 Å². The summed E-state index contributed by atoms with van der Waals surface area (Å²) in [5.41, 5.74) is 2.07. The highest BCUT2D eigenvalue weighted by Crippen LogP contribution is 2.26. The molecule has 0 aliphatic heterocycles. The minimum atomic E-state index is -3.53. The van der Waals surface area contributed by atoms with E-state index in [-0.39, 0.29) is 11.7 Å². The molecule has 6 heteroatoms. The van der Waals surface area contributed by atoms with Crippen LogP contribution in [-0.2, 0) is 16.7 Å². The van der Waals surface area contributed by atoms with Crippen molar-refractivity contribution in [1.29, 1.82) is 0 Å². The average molecular weight is 345 g/mol. The summed E-state index contributed by atoms with van der Waals surface area (Å²) in [7, 11) is -3.53. The molecule has 0 aliphatic rings. The summed E-state index contributed by atoms with van der Waals surface area (Å²) in [6, 6.07) is 14.4. The third kappa shape index (κ3) is 3.71. The van der Waals surface area contributed by atoms with E-state index in [1.165, 1.54) is 0 Å². The van der Waals surface area contributed by atoms with Gasteiger partial charge < -0.3 is 13.9 Å². The molecule has 0 spiro atoms. The van der Waals surface area contributed by atoms with Crippen LogP contribution in [0.25, 0.3) is 10.9 Å². The molecule has 1 aromatic heterocycles. The van der Waals surface area contributed by atoms with Crippen LogP contribution in [0.15, 0.2) is 54.7 Å². The third-order valence-electron chi connectivity index (χ3n) is 3.90. The highest BCUT2D eigenvalue weighted by atomic mass is 32.2. The van der Waals surface area contributed by atoms with E-state index < -0.39 is 10.1 Å². The molecule has 1 N–H and O–H groups in total. The van der Waals surface area contributed by atoms with Gasteiger partial charge in [0.2, 0.25) is 0 Å². The molecule has 0 amide bonds. The van der Waals surface area contributed by atoms with E-state index in [2.05, 4.69) is 11.5 Å². The van der Waals surface area contributed by atoms with E-state index in [4.69, 9.17) is 4.18 Å². The molecule has 1 unspecified atom stereocenters. The van der Waals surface area contributed by atoms with Crippen LogP contribution >= 0.6 is 0 Å². The molecular weight excluding hydrogens is 326 g/mol. The van der Waals surface area contributed by atoms with Gasteiger partial charge in [-0.15, -0.1) is 0 Å². The molecule has 1 atom stereocenters. The Bertz CT molecular complexity index is 976. The first kappa shape index (κ1) is 16.4. The smallest absolute Gasteiger partial charge is 0.306 e. The third-order valence-corrected chi connectivity index (χ3v) is 4.40. The zero-order valence-corrected chi connectivity index (χ0v) is 14.3. The monoisotopic (exact) mass is 345 g/mol. The van der Waals surface area contributed by atoms with Crippen molar-refractivity contribution < 1.29 is 17.7 Å². The van der Waals surface area contributed by atoms with Crippen molar-refractivity contribution in [2.24, 2.45) is 0 Å². The Balaban J connectivity index is 1.85. The normalized spacial score (nSPS) is 13.1. The second-order valence-corrected chi connectivity index (χ2v) is 7.55. The summed E-state index contributed by atoms with van der Waals surface area (Å²) in [6.45, 7) is 2.85. The van der Waals surface area contributed by atoms with E-state index >= 15 is 0 Å². The highest BCUT2D eigenvalue weighted by Gasteiger charge is 2.11. The van der Waals surface area contributed by atoms with E-state index in [0.717, 1.165) is 29.3 Å². The van der Waals surface area contributed by atoms with E-state index in [1.807, 2.05) is 30.5 Å². The molecule has 0 aliphatic carbocycles. The number of phenolic OH excluding ortho intramolecular Hbond substituents is 1. The largest absolute Gasteiger partial charge is 0.508 e. The number of phenols is 1. The quantitative estimate of drug-likeness (QED) is 0.719. The molecule has 0 saturated heterocycles. The fraction of sp³-hybridized carbons (Fsp3) is 0.222. The molecule has 0 saturated carbocycles. The second-order valence-electron chi connectivity index (χ2n) is 5.97. The molecule has 0 fully saturated rings. The van der Waals surface area contributed by atoms with Gasteiger partial charge in [0.15, 0.2) is 0 Å². The lowest BCUT2D eigenvalue weighted by Crippen LogP contribution is -2.06. The molecule has 0 radical (unpaired) electrons. The van der Waals surface area contributed by atoms with E-state index in [1.54, 1.807) is 24.3 Å². The van der Waals surface area contributed by atoms with Crippen molar-refractivity contribution in [3.63, 3.8) is 0 Å². The molecule has 2 aromatic carbocycles. The van der Waals surface area contributed by atoms with Crippen LogP contribution in [0.2, 0.25) is 0 Å². The Morgan fingerprint density at radius 1 is 1.17 bits per heavy atom. The molecule has 1 heterocycles. The number of aromatic hydroxyl groups is 1. The van der Waals surface area contributed by atoms with Gasteiger partial charge in [-0.2, -0.15) is 8.42 Å². The summed E-state index contributed by atoms with van der Waals surface area (Å²) < 4.78 is 29.5. The summed E-state index contributed by atoms with van der Waals surface area (Å²) in [5, 5.41) is 10.5. The Morgan fingerprint density at radius 3 is 2.67 bits per heavy atom.